The molecule has 2 aliphatic rings. The summed E-state index contributed by atoms with van der Waals surface area (Å²) in [5, 5.41) is 3.64. The molecule has 0 bridgehead atoms. The van der Waals surface area contributed by atoms with E-state index in [1.54, 1.807) is 23.4 Å². The highest BCUT2D eigenvalue weighted by Crippen LogP contribution is 2.42. The molecule has 1 aliphatic heterocycles. The van der Waals surface area contributed by atoms with Crippen molar-refractivity contribution in [3.05, 3.63) is 54.6 Å². The summed E-state index contributed by atoms with van der Waals surface area (Å²) >= 11 is 9.57. The van der Waals surface area contributed by atoms with Gasteiger partial charge in [0.05, 0.1) is 4.91 Å². The Morgan fingerprint density at radius 1 is 1.21 bits per heavy atom. The van der Waals surface area contributed by atoms with Gasteiger partial charge in [0.25, 0.3) is 5.91 Å². The summed E-state index contributed by atoms with van der Waals surface area (Å²) in [4.78, 5) is 16.3. The van der Waals surface area contributed by atoms with Crippen LogP contribution in [0.15, 0.2) is 23.1 Å². The number of amides is 1. The van der Waals surface area contributed by atoms with Gasteiger partial charge in [-0.15, -0.1) is 23.1 Å². The van der Waals surface area contributed by atoms with E-state index in [4.69, 9.17) is 11.6 Å². The van der Waals surface area contributed by atoms with E-state index < -0.39 is 0 Å². The van der Waals surface area contributed by atoms with Crippen molar-refractivity contribution in [1.82, 2.24) is 0 Å². The van der Waals surface area contributed by atoms with Crippen LogP contribution >= 0.6 is 34.7 Å². The lowest BCUT2D eigenvalue weighted by molar-refractivity contribution is -0.112. The maximum atomic E-state index is 12.6. The highest BCUT2D eigenvalue weighted by molar-refractivity contribution is 8.03. The average Bonchev–Trinajstić information content (AvgIpc) is 2.95. The molecule has 0 radical (unpaired) electrons. The first-order chi connectivity index (χ1) is 11.6. The third-order valence-corrected chi connectivity index (χ3v) is 7.18. The normalized spacial score (nSPS) is 16.2. The lowest BCUT2D eigenvalue weighted by atomic mass is 9.95. The first-order valence-corrected chi connectivity index (χ1v) is 10.4. The fourth-order valence-electron chi connectivity index (χ4n) is 3.28. The number of carbonyl (C=O) groups is 1. The van der Waals surface area contributed by atoms with Crippen molar-refractivity contribution >= 4 is 52.4 Å². The number of thiophene rings is 1. The van der Waals surface area contributed by atoms with Gasteiger partial charge in [0.2, 0.25) is 0 Å². The standard InChI is InChI=1S/C19H18ClNOS2/c1-11-6-7-12(20)8-15(11)21-19(22)18-9-17-14(10-23-18)13-4-2-3-5-16(13)24-17/h6-9H,2-5,10H2,1H3,(H,21,22). The van der Waals surface area contributed by atoms with Crippen LogP contribution in [0.1, 0.15) is 39.3 Å². The molecule has 5 heteroatoms. The van der Waals surface area contributed by atoms with Crippen LogP contribution in [0.4, 0.5) is 5.69 Å². The number of rotatable bonds is 2. The van der Waals surface area contributed by atoms with Gasteiger partial charge in [-0.3, -0.25) is 4.79 Å². The lowest BCUT2D eigenvalue weighted by Gasteiger charge is -2.16. The molecule has 0 unspecified atom stereocenters. The molecule has 124 valence electrons. The monoisotopic (exact) mass is 375 g/mol. The Hall–Kier alpha value is -1.23. The van der Waals surface area contributed by atoms with E-state index in [-0.39, 0.29) is 5.91 Å². The molecule has 0 fully saturated rings. The first kappa shape index (κ1) is 16.2. The van der Waals surface area contributed by atoms with Crippen LogP contribution in [0, 0.1) is 6.92 Å². The second-order valence-corrected chi connectivity index (χ2v) is 8.85. The van der Waals surface area contributed by atoms with E-state index in [1.807, 2.05) is 30.4 Å². The predicted molar refractivity (Wildman–Crippen MR) is 105 cm³/mol. The molecule has 2 nitrogen and oxygen atoms in total. The number of fused-ring (bicyclic) bond motifs is 3. The fraction of sp³-hybridized carbons (Fsp3) is 0.316. The molecule has 1 amide bonds. The van der Waals surface area contributed by atoms with E-state index in [9.17, 15) is 4.79 Å². The Balaban J connectivity index is 1.59. The Bertz CT molecular complexity index is 853. The number of halogens is 1. The van der Waals surface area contributed by atoms with Crippen molar-refractivity contribution in [2.75, 3.05) is 5.32 Å². The molecule has 1 aromatic heterocycles. The van der Waals surface area contributed by atoms with Crippen molar-refractivity contribution in [2.24, 2.45) is 0 Å². The zero-order valence-electron chi connectivity index (χ0n) is 13.4. The SMILES string of the molecule is Cc1ccc(Cl)cc1NC(=O)C1=Cc2sc3c(c2CS1)CCCC3. The van der Waals surface area contributed by atoms with Crippen molar-refractivity contribution in [3.63, 3.8) is 0 Å². The van der Waals surface area contributed by atoms with Gasteiger partial charge >= 0.3 is 0 Å². The van der Waals surface area contributed by atoms with E-state index in [0.717, 1.165) is 21.9 Å². The maximum Gasteiger partial charge on any atom is 0.262 e. The van der Waals surface area contributed by atoms with Crippen LogP contribution in [0.5, 0.6) is 0 Å². The fourth-order valence-corrected chi connectivity index (χ4v) is 5.99. The molecular weight excluding hydrogens is 358 g/mol. The molecule has 1 aromatic carbocycles. The molecule has 2 aromatic rings. The summed E-state index contributed by atoms with van der Waals surface area (Å²) in [6.45, 7) is 1.97. The van der Waals surface area contributed by atoms with Crippen LogP contribution in [0.3, 0.4) is 0 Å². The van der Waals surface area contributed by atoms with Crippen molar-refractivity contribution in [3.8, 4) is 0 Å². The zero-order valence-corrected chi connectivity index (χ0v) is 15.8. The van der Waals surface area contributed by atoms with Gasteiger partial charge in [-0.2, -0.15) is 0 Å². The second kappa shape index (κ2) is 6.58. The summed E-state index contributed by atoms with van der Waals surface area (Å²) < 4.78 is 0. The lowest BCUT2D eigenvalue weighted by Crippen LogP contribution is -2.15. The molecular formula is C19H18ClNOS2. The van der Waals surface area contributed by atoms with Crippen molar-refractivity contribution in [2.45, 2.75) is 38.4 Å². The molecule has 24 heavy (non-hydrogen) atoms. The average molecular weight is 376 g/mol. The van der Waals surface area contributed by atoms with E-state index >= 15 is 0 Å². The topological polar surface area (TPSA) is 29.1 Å². The summed E-state index contributed by atoms with van der Waals surface area (Å²) in [6.07, 6.45) is 7.08. The number of hydrogen-bond acceptors (Lipinski definition) is 3. The van der Waals surface area contributed by atoms with Gasteiger partial charge in [0.15, 0.2) is 0 Å². The largest absolute Gasteiger partial charge is 0.321 e. The quantitative estimate of drug-likeness (QED) is 0.717. The van der Waals surface area contributed by atoms with Gasteiger partial charge in [0, 0.05) is 26.2 Å². The predicted octanol–water partition coefficient (Wildman–Crippen LogP) is 5.82. The summed E-state index contributed by atoms with van der Waals surface area (Å²) in [5.74, 6) is 0.872. The minimum Gasteiger partial charge on any atom is -0.321 e. The molecule has 2 heterocycles. The zero-order chi connectivity index (χ0) is 16.7. The first-order valence-electron chi connectivity index (χ1n) is 8.17. The Labute approximate surface area is 155 Å². The van der Waals surface area contributed by atoms with Crippen LogP contribution < -0.4 is 5.32 Å². The number of thioether (sulfide) groups is 1. The van der Waals surface area contributed by atoms with E-state index in [2.05, 4.69) is 11.4 Å². The Kier molecular flexibility index (Phi) is 4.46. The van der Waals surface area contributed by atoms with Gasteiger partial charge < -0.3 is 5.32 Å². The minimum absolute atomic E-state index is 0.0395. The van der Waals surface area contributed by atoms with E-state index in [1.165, 1.54) is 41.0 Å². The molecule has 0 saturated heterocycles. The van der Waals surface area contributed by atoms with Gasteiger partial charge in [-0.05, 0) is 67.5 Å². The summed E-state index contributed by atoms with van der Waals surface area (Å²) in [6, 6.07) is 5.56. The summed E-state index contributed by atoms with van der Waals surface area (Å²) in [7, 11) is 0. The van der Waals surface area contributed by atoms with Gasteiger partial charge in [-0.1, -0.05) is 17.7 Å². The maximum absolute atomic E-state index is 12.6. The Morgan fingerprint density at radius 2 is 2.04 bits per heavy atom. The molecule has 0 spiro atoms. The third-order valence-electron chi connectivity index (χ3n) is 4.62. The molecule has 1 aliphatic carbocycles. The van der Waals surface area contributed by atoms with Crippen LogP contribution in [-0.2, 0) is 23.4 Å². The van der Waals surface area contributed by atoms with Crippen LogP contribution in [0.25, 0.3) is 6.08 Å². The Morgan fingerprint density at radius 3 is 2.92 bits per heavy atom. The van der Waals surface area contributed by atoms with Gasteiger partial charge in [0.1, 0.15) is 0 Å². The molecule has 1 N–H and O–H groups in total. The van der Waals surface area contributed by atoms with E-state index in [0.29, 0.717) is 5.02 Å². The number of aryl methyl sites for hydroxylation is 2. The van der Waals surface area contributed by atoms with Crippen molar-refractivity contribution in [1.29, 1.82) is 0 Å². The minimum atomic E-state index is -0.0395. The number of benzene rings is 1. The highest BCUT2D eigenvalue weighted by Gasteiger charge is 2.25. The number of carbonyl (C=O) groups excluding carboxylic acids is 1. The molecule has 4 rings (SSSR count). The number of hydrogen-bond donors (Lipinski definition) is 1. The number of nitrogens with one attached hydrogen (secondary N) is 1. The van der Waals surface area contributed by atoms with Crippen LogP contribution in [0.2, 0.25) is 5.02 Å². The smallest absolute Gasteiger partial charge is 0.262 e. The molecule has 0 atom stereocenters. The van der Waals surface area contributed by atoms with Crippen molar-refractivity contribution < 1.29 is 4.79 Å². The van der Waals surface area contributed by atoms with Gasteiger partial charge in [-0.25, -0.2) is 0 Å². The third kappa shape index (κ3) is 3.03. The number of anilines is 1. The van der Waals surface area contributed by atoms with Crippen LogP contribution in [-0.4, -0.2) is 5.91 Å². The highest BCUT2D eigenvalue weighted by atomic mass is 35.5. The molecule has 0 saturated carbocycles. The second-order valence-electron chi connectivity index (χ2n) is 6.26. The summed E-state index contributed by atoms with van der Waals surface area (Å²) in [5.41, 5.74) is 4.83.